The summed E-state index contributed by atoms with van der Waals surface area (Å²) < 4.78 is 25.8. The largest absolute Gasteiger partial charge is 0.383 e. The number of halogens is 1. The minimum absolute atomic E-state index is 0.134. The average Bonchev–Trinajstić information content (AvgIpc) is 3.58. The highest BCUT2D eigenvalue weighted by Crippen LogP contribution is 2.42. The first-order valence-corrected chi connectivity index (χ1v) is 12.0. The van der Waals surface area contributed by atoms with Crippen LogP contribution in [0.15, 0.2) is 42.7 Å². The Morgan fingerprint density at radius 2 is 2.09 bits per heavy atom. The van der Waals surface area contributed by atoms with E-state index in [2.05, 4.69) is 14.5 Å². The molecular weight excluding hydrogens is 453 g/mol. The first-order valence-electron chi connectivity index (χ1n) is 11.2. The van der Waals surface area contributed by atoms with E-state index < -0.39 is 5.41 Å². The van der Waals surface area contributed by atoms with Crippen molar-refractivity contribution in [2.75, 3.05) is 26.8 Å². The molecule has 0 N–H and O–H groups in total. The molecule has 1 saturated heterocycles. The van der Waals surface area contributed by atoms with Crippen LogP contribution in [0, 0.1) is 19.7 Å². The standard InChI is InChI=1S/C25H26FN5O2S/c1-16-4-7-21-19(12-16)22(29-31(21)10-11-33-3)23(32)30-9-8-25(14-30,24-27-15-28-34-24)18-6-5-17(2)20(26)13-18/h4-7,12-13,15H,8-11,14H2,1-3H3/t25-/m0/s1. The summed E-state index contributed by atoms with van der Waals surface area (Å²) in [4.78, 5) is 20.1. The molecule has 1 aliphatic rings. The molecule has 7 nitrogen and oxygen atoms in total. The van der Waals surface area contributed by atoms with Crippen LogP contribution in [0.4, 0.5) is 4.39 Å². The number of aryl methyl sites for hydroxylation is 2. The Morgan fingerprint density at radius 1 is 1.24 bits per heavy atom. The number of hydrogen-bond acceptors (Lipinski definition) is 6. The molecule has 5 rings (SSSR count). The summed E-state index contributed by atoms with van der Waals surface area (Å²) >= 11 is 1.30. The molecule has 176 valence electrons. The molecule has 0 bridgehead atoms. The fourth-order valence-electron chi connectivity index (χ4n) is 4.74. The molecule has 3 heterocycles. The van der Waals surface area contributed by atoms with Gasteiger partial charge < -0.3 is 9.64 Å². The van der Waals surface area contributed by atoms with Crippen LogP contribution in [0.25, 0.3) is 10.9 Å². The van der Waals surface area contributed by atoms with Gasteiger partial charge in [0.05, 0.1) is 24.1 Å². The third kappa shape index (κ3) is 3.78. The second-order valence-electron chi connectivity index (χ2n) is 8.85. The number of aromatic nitrogens is 4. The summed E-state index contributed by atoms with van der Waals surface area (Å²) in [5, 5.41) is 6.30. The Morgan fingerprint density at radius 3 is 2.82 bits per heavy atom. The van der Waals surface area contributed by atoms with Crippen LogP contribution in [0.5, 0.6) is 0 Å². The van der Waals surface area contributed by atoms with Crippen molar-refractivity contribution in [1.82, 2.24) is 24.0 Å². The third-order valence-electron chi connectivity index (χ3n) is 6.67. The summed E-state index contributed by atoms with van der Waals surface area (Å²) in [6.07, 6.45) is 2.16. The maximum absolute atomic E-state index is 14.5. The van der Waals surface area contributed by atoms with E-state index in [4.69, 9.17) is 4.74 Å². The Hall–Kier alpha value is -3.17. The number of ether oxygens (including phenoxy) is 1. The monoisotopic (exact) mass is 479 g/mol. The van der Waals surface area contributed by atoms with E-state index in [9.17, 15) is 9.18 Å². The molecule has 9 heteroatoms. The van der Waals surface area contributed by atoms with Crippen molar-refractivity contribution in [2.24, 2.45) is 0 Å². The van der Waals surface area contributed by atoms with E-state index in [-0.39, 0.29) is 11.7 Å². The van der Waals surface area contributed by atoms with Gasteiger partial charge in [0.25, 0.3) is 5.91 Å². The predicted octanol–water partition coefficient (Wildman–Crippen LogP) is 4.12. The fourth-order valence-corrected chi connectivity index (χ4v) is 5.49. The maximum atomic E-state index is 14.5. The summed E-state index contributed by atoms with van der Waals surface area (Å²) in [7, 11) is 1.65. The van der Waals surface area contributed by atoms with Gasteiger partial charge in [-0.15, -0.1) is 0 Å². The number of methoxy groups -OCH3 is 1. The van der Waals surface area contributed by atoms with Gasteiger partial charge in [0.2, 0.25) is 0 Å². The first-order chi connectivity index (χ1) is 16.4. The van der Waals surface area contributed by atoms with E-state index in [1.54, 1.807) is 26.2 Å². The highest BCUT2D eigenvalue weighted by Gasteiger charge is 2.46. The molecule has 0 saturated carbocycles. The Bertz CT molecular complexity index is 1350. The molecular formula is C25H26FN5O2S. The smallest absolute Gasteiger partial charge is 0.275 e. The SMILES string of the molecule is COCCn1nc(C(=O)N2CC[C@](c3ccc(C)c(F)c3)(c3ncns3)C2)c2cc(C)ccc21. The van der Waals surface area contributed by atoms with E-state index in [1.807, 2.05) is 40.8 Å². The van der Waals surface area contributed by atoms with E-state index in [0.717, 1.165) is 27.0 Å². The topological polar surface area (TPSA) is 73.1 Å². The van der Waals surface area contributed by atoms with E-state index in [0.29, 0.717) is 43.9 Å². The molecule has 0 radical (unpaired) electrons. The van der Waals surface area contributed by atoms with Crippen LogP contribution >= 0.6 is 11.5 Å². The van der Waals surface area contributed by atoms with Crippen molar-refractivity contribution in [3.05, 3.63) is 75.9 Å². The first kappa shape index (κ1) is 22.6. The number of nitrogens with zero attached hydrogens (tertiary/aromatic N) is 5. The number of carbonyl (C=O) groups is 1. The molecule has 4 aromatic rings. The van der Waals surface area contributed by atoms with Crippen molar-refractivity contribution in [2.45, 2.75) is 32.2 Å². The molecule has 0 unspecified atom stereocenters. The van der Waals surface area contributed by atoms with Crippen LogP contribution in [0.2, 0.25) is 0 Å². The molecule has 2 aromatic heterocycles. The van der Waals surface area contributed by atoms with Crippen molar-refractivity contribution in [3.8, 4) is 0 Å². The number of fused-ring (bicyclic) bond motifs is 1. The van der Waals surface area contributed by atoms with Crippen molar-refractivity contribution in [1.29, 1.82) is 0 Å². The second kappa shape index (κ2) is 8.88. The highest BCUT2D eigenvalue weighted by molar-refractivity contribution is 7.05. The molecule has 1 aliphatic heterocycles. The van der Waals surface area contributed by atoms with Crippen LogP contribution in [0.3, 0.4) is 0 Å². The Balaban J connectivity index is 1.53. The molecule has 34 heavy (non-hydrogen) atoms. The van der Waals surface area contributed by atoms with Gasteiger partial charge in [-0.2, -0.15) is 9.47 Å². The molecule has 2 aromatic carbocycles. The van der Waals surface area contributed by atoms with Gasteiger partial charge in [-0.3, -0.25) is 9.48 Å². The minimum atomic E-state index is -0.601. The summed E-state index contributed by atoms with van der Waals surface area (Å²) in [5.74, 6) is -0.393. The number of hydrogen-bond donors (Lipinski definition) is 0. The van der Waals surface area contributed by atoms with Crippen molar-refractivity contribution >= 4 is 28.3 Å². The molecule has 0 aliphatic carbocycles. The summed E-state index contributed by atoms with van der Waals surface area (Å²) in [6.45, 7) is 5.71. The van der Waals surface area contributed by atoms with Gasteiger partial charge in [0, 0.05) is 25.6 Å². The lowest BCUT2D eigenvalue weighted by Crippen LogP contribution is -2.35. The van der Waals surface area contributed by atoms with Crippen LogP contribution in [-0.2, 0) is 16.7 Å². The molecule has 1 atom stereocenters. The van der Waals surface area contributed by atoms with Crippen molar-refractivity contribution in [3.63, 3.8) is 0 Å². The lowest BCUT2D eigenvalue weighted by Gasteiger charge is -2.27. The van der Waals surface area contributed by atoms with Gasteiger partial charge in [0.15, 0.2) is 5.69 Å². The molecule has 1 amide bonds. The van der Waals surface area contributed by atoms with Crippen LogP contribution in [-0.4, -0.2) is 56.8 Å². The number of carbonyl (C=O) groups excluding carboxylic acids is 1. The van der Waals surface area contributed by atoms with Gasteiger partial charge in [-0.25, -0.2) is 9.37 Å². The zero-order chi connectivity index (χ0) is 23.9. The molecule has 0 spiro atoms. The third-order valence-corrected chi connectivity index (χ3v) is 7.54. The zero-order valence-electron chi connectivity index (χ0n) is 19.4. The van der Waals surface area contributed by atoms with Crippen LogP contribution in [0.1, 0.15) is 38.6 Å². The number of rotatable bonds is 6. The van der Waals surface area contributed by atoms with Gasteiger partial charge in [0.1, 0.15) is 17.2 Å². The van der Waals surface area contributed by atoms with Crippen LogP contribution < -0.4 is 0 Å². The van der Waals surface area contributed by atoms with E-state index >= 15 is 0 Å². The van der Waals surface area contributed by atoms with Gasteiger partial charge in [-0.05, 0) is 61.1 Å². The maximum Gasteiger partial charge on any atom is 0.275 e. The van der Waals surface area contributed by atoms with Gasteiger partial charge >= 0.3 is 0 Å². The highest BCUT2D eigenvalue weighted by atomic mass is 32.1. The lowest BCUT2D eigenvalue weighted by atomic mass is 9.80. The van der Waals surface area contributed by atoms with E-state index in [1.165, 1.54) is 17.9 Å². The minimum Gasteiger partial charge on any atom is -0.383 e. The van der Waals surface area contributed by atoms with Gasteiger partial charge in [-0.1, -0.05) is 23.8 Å². The summed E-state index contributed by atoms with van der Waals surface area (Å²) in [5.41, 5.74) is 3.20. The quantitative estimate of drug-likeness (QED) is 0.416. The Kier molecular flexibility index (Phi) is 5.91. The molecule has 1 fully saturated rings. The number of likely N-dealkylation sites (tertiary alicyclic amines) is 1. The van der Waals surface area contributed by atoms with Crippen molar-refractivity contribution < 1.29 is 13.9 Å². The number of benzene rings is 2. The number of amides is 1. The summed E-state index contributed by atoms with van der Waals surface area (Å²) in [6, 6.07) is 11.3. The second-order valence-corrected chi connectivity index (χ2v) is 9.63. The lowest BCUT2D eigenvalue weighted by molar-refractivity contribution is 0.0781. The normalized spacial score (nSPS) is 18.2. The fraction of sp³-hybridized carbons (Fsp3) is 0.360. The predicted molar refractivity (Wildman–Crippen MR) is 129 cm³/mol. The average molecular weight is 480 g/mol. The zero-order valence-corrected chi connectivity index (χ0v) is 20.2. The Labute approximate surface area is 201 Å².